The van der Waals surface area contributed by atoms with E-state index in [1.54, 1.807) is 0 Å². The summed E-state index contributed by atoms with van der Waals surface area (Å²) in [7, 11) is 0. The molecule has 0 heterocycles. The summed E-state index contributed by atoms with van der Waals surface area (Å²) < 4.78 is 0. The van der Waals surface area contributed by atoms with E-state index in [1.807, 2.05) is 32.9 Å². The van der Waals surface area contributed by atoms with Crippen LogP contribution in [0.3, 0.4) is 0 Å². The molecular weight excluding hydrogens is 164 g/mol. The summed E-state index contributed by atoms with van der Waals surface area (Å²) in [6, 6.07) is 3.98. The van der Waals surface area contributed by atoms with Crippen molar-refractivity contribution < 1.29 is 5.11 Å². The third kappa shape index (κ3) is 1.99. The molecule has 0 spiro atoms. The van der Waals surface area contributed by atoms with Crippen molar-refractivity contribution in [1.82, 2.24) is 5.43 Å². The van der Waals surface area contributed by atoms with E-state index in [-0.39, 0.29) is 6.04 Å². The van der Waals surface area contributed by atoms with Gasteiger partial charge in [-0.25, -0.2) is 0 Å². The van der Waals surface area contributed by atoms with Gasteiger partial charge in [0.15, 0.2) is 0 Å². The van der Waals surface area contributed by atoms with E-state index in [0.717, 1.165) is 16.7 Å². The highest BCUT2D eigenvalue weighted by atomic mass is 16.3. The van der Waals surface area contributed by atoms with Gasteiger partial charge >= 0.3 is 0 Å². The Morgan fingerprint density at radius 1 is 1.31 bits per heavy atom. The van der Waals surface area contributed by atoms with Crippen LogP contribution < -0.4 is 11.3 Å². The Balaban J connectivity index is 3.13. The fourth-order valence-electron chi connectivity index (χ4n) is 1.34. The molecule has 1 unspecified atom stereocenters. The van der Waals surface area contributed by atoms with Crippen molar-refractivity contribution in [2.45, 2.75) is 26.8 Å². The standard InChI is InChI=1S/C10H16N2O/c1-6-4-9(8(3)12-11)5-7(2)10(6)13/h4-5,8,12-13H,11H2,1-3H3. The first-order chi connectivity index (χ1) is 6.06. The molecule has 0 aliphatic carbocycles. The van der Waals surface area contributed by atoms with Crippen LogP contribution in [-0.4, -0.2) is 5.11 Å². The summed E-state index contributed by atoms with van der Waals surface area (Å²) >= 11 is 0. The van der Waals surface area contributed by atoms with E-state index in [9.17, 15) is 5.11 Å². The second-order valence-corrected chi connectivity index (χ2v) is 3.39. The lowest BCUT2D eigenvalue weighted by Crippen LogP contribution is -2.25. The van der Waals surface area contributed by atoms with E-state index in [4.69, 9.17) is 5.84 Å². The summed E-state index contributed by atoms with van der Waals surface area (Å²) in [6.07, 6.45) is 0. The number of hydrogen-bond donors (Lipinski definition) is 3. The van der Waals surface area contributed by atoms with Crippen LogP contribution in [0.4, 0.5) is 0 Å². The van der Waals surface area contributed by atoms with E-state index >= 15 is 0 Å². The third-order valence-electron chi connectivity index (χ3n) is 2.26. The Kier molecular flexibility index (Phi) is 2.90. The van der Waals surface area contributed by atoms with Crippen LogP contribution in [0.1, 0.15) is 29.7 Å². The molecule has 0 aromatic heterocycles. The monoisotopic (exact) mass is 180 g/mol. The average molecular weight is 180 g/mol. The van der Waals surface area contributed by atoms with Crippen molar-refractivity contribution in [3.63, 3.8) is 0 Å². The number of benzene rings is 1. The first kappa shape index (κ1) is 10.0. The quantitative estimate of drug-likeness (QED) is 0.478. The van der Waals surface area contributed by atoms with Gasteiger partial charge in [0.05, 0.1) is 0 Å². The van der Waals surface area contributed by atoms with Gasteiger partial charge in [-0.3, -0.25) is 11.3 Å². The maximum atomic E-state index is 9.53. The molecule has 0 radical (unpaired) electrons. The number of rotatable bonds is 2. The number of nitrogens with two attached hydrogens (primary N) is 1. The van der Waals surface area contributed by atoms with Gasteiger partial charge in [-0.05, 0) is 37.5 Å². The minimum absolute atomic E-state index is 0.109. The molecule has 13 heavy (non-hydrogen) atoms. The molecule has 0 bridgehead atoms. The third-order valence-corrected chi connectivity index (χ3v) is 2.26. The van der Waals surface area contributed by atoms with Gasteiger partial charge in [0, 0.05) is 6.04 Å². The molecule has 0 saturated heterocycles. The molecule has 0 aliphatic heterocycles. The van der Waals surface area contributed by atoms with Crippen LogP contribution in [0, 0.1) is 13.8 Å². The maximum Gasteiger partial charge on any atom is 0.121 e. The summed E-state index contributed by atoms with van der Waals surface area (Å²) in [4.78, 5) is 0. The predicted octanol–water partition coefficient (Wildman–Crippen LogP) is 1.53. The van der Waals surface area contributed by atoms with Crippen LogP contribution in [0.5, 0.6) is 5.75 Å². The number of aryl methyl sites for hydroxylation is 2. The topological polar surface area (TPSA) is 58.3 Å². The zero-order valence-electron chi connectivity index (χ0n) is 8.26. The Bertz CT molecular complexity index is 287. The minimum atomic E-state index is 0.109. The van der Waals surface area contributed by atoms with E-state index < -0.39 is 0 Å². The zero-order valence-corrected chi connectivity index (χ0v) is 8.26. The highest BCUT2D eigenvalue weighted by Gasteiger charge is 2.07. The number of aromatic hydroxyl groups is 1. The summed E-state index contributed by atoms with van der Waals surface area (Å²) in [5.41, 5.74) is 5.54. The lowest BCUT2D eigenvalue weighted by atomic mass is 10.0. The smallest absolute Gasteiger partial charge is 0.121 e. The molecule has 3 nitrogen and oxygen atoms in total. The zero-order chi connectivity index (χ0) is 10.0. The Morgan fingerprint density at radius 3 is 2.15 bits per heavy atom. The molecule has 1 aromatic rings. The van der Waals surface area contributed by atoms with E-state index in [2.05, 4.69) is 5.43 Å². The molecule has 0 amide bonds. The van der Waals surface area contributed by atoms with Crippen molar-refractivity contribution in [2.75, 3.05) is 0 Å². The van der Waals surface area contributed by atoms with Gasteiger partial charge in [-0.15, -0.1) is 0 Å². The number of nitrogens with one attached hydrogen (secondary N) is 1. The minimum Gasteiger partial charge on any atom is -0.507 e. The van der Waals surface area contributed by atoms with Crippen molar-refractivity contribution in [3.8, 4) is 5.75 Å². The van der Waals surface area contributed by atoms with E-state index in [0.29, 0.717) is 5.75 Å². The SMILES string of the molecule is Cc1cc(C(C)NN)cc(C)c1O. The van der Waals surface area contributed by atoms with Crippen molar-refractivity contribution >= 4 is 0 Å². The van der Waals surface area contributed by atoms with Crippen LogP contribution in [0.25, 0.3) is 0 Å². The highest BCUT2D eigenvalue weighted by molar-refractivity contribution is 5.42. The molecular formula is C10H16N2O. The molecule has 1 rings (SSSR count). The number of hydrogen-bond acceptors (Lipinski definition) is 3. The molecule has 3 heteroatoms. The second kappa shape index (κ2) is 3.77. The Hall–Kier alpha value is -1.06. The lowest BCUT2D eigenvalue weighted by Gasteiger charge is -2.13. The first-order valence-electron chi connectivity index (χ1n) is 4.32. The van der Waals surface area contributed by atoms with Crippen LogP contribution in [0.2, 0.25) is 0 Å². The van der Waals surface area contributed by atoms with Crippen LogP contribution in [0.15, 0.2) is 12.1 Å². The van der Waals surface area contributed by atoms with Gasteiger partial charge in [0.25, 0.3) is 0 Å². The second-order valence-electron chi connectivity index (χ2n) is 3.39. The highest BCUT2D eigenvalue weighted by Crippen LogP contribution is 2.25. The molecule has 72 valence electrons. The average Bonchev–Trinajstić information content (AvgIpc) is 2.12. The fraction of sp³-hybridized carbons (Fsp3) is 0.400. The largest absolute Gasteiger partial charge is 0.507 e. The number of phenolic OH excluding ortho intramolecular Hbond substituents is 1. The molecule has 0 fully saturated rings. The van der Waals surface area contributed by atoms with Crippen molar-refractivity contribution in [3.05, 3.63) is 28.8 Å². The van der Waals surface area contributed by atoms with Gasteiger partial charge in [0.1, 0.15) is 5.75 Å². The molecule has 1 aromatic carbocycles. The van der Waals surface area contributed by atoms with E-state index in [1.165, 1.54) is 0 Å². The first-order valence-corrected chi connectivity index (χ1v) is 4.32. The van der Waals surface area contributed by atoms with Crippen molar-refractivity contribution in [1.29, 1.82) is 0 Å². The number of hydrazine groups is 1. The van der Waals surface area contributed by atoms with Crippen LogP contribution in [-0.2, 0) is 0 Å². The lowest BCUT2D eigenvalue weighted by molar-refractivity contribution is 0.466. The van der Waals surface area contributed by atoms with Crippen LogP contribution >= 0.6 is 0 Å². The fourth-order valence-corrected chi connectivity index (χ4v) is 1.34. The summed E-state index contributed by atoms with van der Waals surface area (Å²) in [6.45, 7) is 5.75. The molecule has 1 atom stereocenters. The van der Waals surface area contributed by atoms with Gasteiger partial charge in [-0.1, -0.05) is 12.1 Å². The van der Waals surface area contributed by atoms with Gasteiger partial charge < -0.3 is 5.11 Å². The summed E-state index contributed by atoms with van der Waals surface area (Å²) in [5.74, 6) is 5.70. The Labute approximate surface area is 78.5 Å². The molecule has 0 aliphatic rings. The predicted molar refractivity (Wildman–Crippen MR) is 53.3 cm³/mol. The van der Waals surface area contributed by atoms with Gasteiger partial charge in [-0.2, -0.15) is 0 Å². The van der Waals surface area contributed by atoms with Gasteiger partial charge in [0.2, 0.25) is 0 Å². The molecule has 4 N–H and O–H groups in total. The summed E-state index contributed by atoms with van der Waals surface area (Å²) in [5, 5.41) is 9.53. The Morgan fingerprint density at radius 2 is 1.77 bits per heavy atom. The number of phenols is 1. The maximum absolute atomic E-state index is 9.53. The molecule has 0 saturated carbocycles. The van der Waals surface area contributed by atoms with Crippen molar-refractivity contribution in [2.24, 2.45) is 5.84 Å². The normalized spacial score (nSPS) is 12.9.